The summed E-state index contributed by atoms with van der Waals surface area (Å²) in [5, 5.41) is 0. The molecule has 0 spiro atoms. The molecule has 0 saturated heterocycles. The van der Waals surface area contributed by atoms with Crippen molar-refractivity contribution in [2.45, 2.75) is 65.6 Å². The second-order valence-electron chi connectivity index (χ2n) is 3.89. The standard InChI is InChI=1S/C7H17Si.C5H11.Eu/c1-4-7-8(5-2)6-3;1-4-5(2)3;/h4-7H2,1-3H3;5H,1,4H2,2-3H3;/q;-1;. The van der Waals surface area contributed by atoms with Crippen molar-refractivity contribution in [1.82, 2.24) is 0 Å². The molecule has 0 amide bonds. The van der Waals surface area contributed by atoms with E-state index in [9.17, 15) is 0 Å². The minimum Gasteiger partial charge on any atom is -0.343 e. The van der Waals surface area contributed by atoms with E-state index < -0.39 is 0 Å². The van der Waals surface area contributed by atoms with Crippen LogP contribution in [0.2, 0.25) is 18.1 Å². The summed E-state index contributed by atoms with van der Waals surface area (Å²) in [5.41, 5.74) is 0. The fourth-order valence-electron chi connectivity index (χ4n) is 0.957. The van der Waals surface area contributed by atoms with Gasteiger partial charge >= 0.3 is 0 Å². The van der Waals surface area contributed by atoms with E-state index in [4.69, 9.17) is 0 Å². The van der Waals surface area contributed by atoms with Gasteiger partial charge < -0.3 is 6.92 Å². The Bertz CT molecular complexity index is 80.4. The number of hydrogen-bond acceptors (Lipinski definition) is 0. The summed E-state index contributed by atoms with van der Waals surface area (Å²) in [6.07, 6.45) is 2.45. The summed E-state index contributed by atoms with van der Waals surface area (Å²) in [5.74, 6) is 0.773. The number of hydrogen-bond donors (Lipinski definition) is 0. The first-order valence-corrected chi connectivity index (χ1v) is 7.87. The summed E-state index contributed by atoms with van der Waals surface area (Å²) >= 11 is 0. The van der Waals surface area contributed by atoms with Gasteiger partial charge in [0.05, 0.1) is 0 Å². The molecule has 0 aromatic rings. The Morgan fingerprint density at radius 1 is 1.07 bits per heavy atom. The van der Waals surface area contributed by atoms with Crippen molar-refractivity contribution in [1.29, 1.82) is 0 Å². The molecule has 0 N–H and O–H groups in total. The van der Waals surface area contributed by atoms with Crippen LogP contribution in [0.5, 0.6) is 0 Å². The SMILES string of the molecule is CCC[Si](CC)CC.[CH2-]CC(C)C.[Eu]. The molecule has 2 heteroatoms. The predicted octanol–water partition coefficient (Wildman–Crippen LogP) is 4.80. The molecule has 0 saturated carbocycles. The molecule has 0 aliphatic heterocycles. The average molecular weight is 352 g/mol. The van der Waals surface area contributed by atoms with Gasteiger partial charge in [-0.25, -0.2) is 0 Å². The van der Waals surface area contributed by atoms with Gasteiger partial charge in [0, 0.05) is 58.2 Å². The summed E-state index contributed by atoms with van der Waals surface area (Å²) < 4.78 is 0. The molecule has 0 bridgehead atoms. The van der Waals surface area contributed by atoms with Gasteiger partial charge in [-0.2, -0.15) is 6.42 Å². The van der Waals surface area contributed by atoms with Gasteiger partial charge in [-0.15, -0.1) is 0 Å². The van der Waals surface area contributed by atoms with E-state index >= 15 is 0 Å². The Labute approximate surface area is 135 Å². The minimum atomic E-state index is 0. The first-order chi connectivity index (χ1) is 6.12. The maximum absolute atomic E-state index is 3.69. The Hall–Kier alpha value is 1.80. The minimum absolute atomic E-state index is 0. The van der Waals surface area contributed by atoms with Crippen LogP contribution in [0.1, 0.15) is 47.5 Å². The van der Waals surface area contributed by atoms with E-state index in [1.54, 1.807) is 0 Å². The van der Waals surface area contributed by atoms with Gasteiger partial charge in [0.15, 0.2) is 0 Å². The summed E-state index contributed by atoms with van der Waals surface area (Å²) in [7, 11) is 0.126. The van der Waals surface area contributed by atoms with E-state index in [1.807, 2.05) is 0 Å². The first kappa shape index (κ1) is 21.1. The van der Waals surface area contributed by atoms with Crippen molar-refractivity contribution < 1.29 is 49.4 Å². The second-order valence-corrected chi connectivity index (χ2v) is 7.30. The van der Waals surface area contributed by atoms with Gasteiger partial charge in [0.2, 0.25) is 0 Å². The van der Waals surface area contributed by atoms with Crippen LogP contribution >= 0.6 is 0 Å². The topological polar surface area (TPSA) is 0 Å². The van der Waals surface area contributed by atoms with Gasteiger partial charge in [-0.05, 0) is 0 Å². The molecule has 0 rings (SSSR count). The molecule has 0 aliphatic carbocycles. The summed E-state index contributed by atoms with van der Waals surface area (Å²) in [6, 6.07) is 4.46. The predicted molar refractivity (Wildman–Crippen MR) is 66.6 cm³/mol. The van der Waals surface area contributed by atoms with Crippen LogP contribution in [-0.4, -0.2) is 8.80 Å². The maximum atomic E-state index is 3.69. The van der Waals surface area contributed by atoms with Crippen molar-refractivity contribution in [3.8, 4) is 0 Å². The quantitative estimate of drug-likeness (QED) is 0.493. The van der Waals surface area contributed by atoms with Crippen LogP contribution < -0.4 is 0 Å². The third-order valence-corrected chi connectivity index (χ3v) is 5.39. The third-order valence-electron chi connectivity index (χ3n) is 2.18. The Kier molecular flexibility index (Phi) is 26.0. The third kappa shape index (κ3) is 19.4. The fourth-order valence-corrected chi connectivity index (χ4v) is 2.87. The molecule has 14 heavy (non-hydrogen) atoms. The van der Waals surface area contributed by atoms with Gasteiger partial charge in [-0.3, -0.25) is 0 Å². The van der Waals surface area contributed by atoms with Crippen LogP contribution in [-0.2, 0) is 0 Å². The summed E-state index contributed by atoms with van der Waals surface area (Å²) in [6.45, 7) is 14.9. The Morgan fingerprint density at radius 2 is 1.43 bits per heavy atom. The smallest absolute Gasteiger partial charge is 0.0473 e. The molecule has 0 aromatic carbocycles. The van der Waals surface area contributed by atoms with Crippen molar-refractivity contribution in [2.75, 3.05) is 0 Å². The monoisotopic (exact) mass is 353 g/mol. The molecule has 0 fully saturated rings. The van der Waals surface area contributed by atoms with Crippen LogP contribution in [0.25, 0.3) is 0 Å². The van der Waals surface area contributed by atoms with Crippen molar-refractivity contribution in [3.05, 3.63) is 6.92 Å². The van der Waals surface area contributed by atoms with Crippen molar-refractivity contribution in [2.24, 2.45) is 5.92 Å². The molecular formula is C12H28EuSi-. The molecule has 0 nitrogen and oxygen atoms in total. The molecule has 2 radical (unpaired) electrons. The van der Waals surface area contributed by atoms with E-state index in [0.29, 0.717) is 0 Å². The Morgan fingerprint density at radius 3 is 1.50 bits per heavy atom. The van der Waals surface area contributed by atoms with Crippen LogP contribution in [0.3, 0.4) is 0 Å². The molecule has 0 unspecified atom stereocenters. The Balaban J connectivity index is -0.000000177. The van der Waals surface area contributed by atoms with E-state index in [2.05, 4.69) is 41.5 Å². The average Bonchev–Trinajstić information content (AvgIpc) is 2.15. The molecule has 88 valence electrons. The zero-order chi connectivity index (χ0) is 10.7. The maximum Gasteiger partial charge on any atom is 0.0473 e. The van der Waals surface area contributed by atoms with Crippen LogP contribution in [0, 0.1) is 62.2 Å². The van der Waals surface area contributed by atoms with Gasteiger partial charge in [0.1, 0.15) is 0 Å². The van der Waals surface area contributed by atoms with Crippen molar-refractivity contribution in [3.63, 3.8) is 0 Å². The fraction of sp³-hybridized carbons (Fsp3) is 0.917. The zero-order valence-electron chi connectivity index (χ0n) is 10.7. The van der Waals surface area contributed by atoms with Crippen LogP contribution in [0.15, 0.2) is 0 Å². The molecule has 0 atom stereocenters. The van der Waals surface area contributed by atoms with Gasteiger partial charge in [0.25, 0.3) is 0 Å². The van der Waals surface area contributed by atoms with E-state index in [1.165, 1.54) is 24.6 Å². The second kappa shape index (κ2) is 17.2. The molecule has 0 aliphatic rings. The largest absolute Gasteiger partial charge is 0.343 e. The van der Waals surface area contributed by atoms with Crippen molar-refractivity contribution >= 4 is 8.80 Å². The normalized spacial score (nSPS) is 9.43. The first-order valence-electron chi connectivity index (χ1n) is 5.74. The van der Waals surface area contributed by atoms with E-state index in [-0.39, 0.29) is 58.2 Å². The molecule has 0 aromatic heterocycles. The summed E-state index contributed by atoms with van der Waals surface area (Å²) in [4.78, 5) is 0. The zero-order valence-corrected chi connectivity index (χ0v) is 14.1. The molecule has 0 heterocycles. The van der Waals surface area contributed by atoms with Crippen LogP contribution in [0.4, 0.5) is 0 Å². The number of rotatable bonds is 5. The van der Waals surface area contributed by atoms with E-state index in [0.717, 1.165) is 12.3 Å². The molecular weight excluding hydrogens is 324 g/mol. The van der Waals surface area contributed by atoms with Gasteiger partial charge in [-0.1, -0.05) is 65.1 Å².